The van der Waals surface area contributed by atoms with Crippen LogP contribution in [0.1, 0.15) is 57.6 Å². The van der Waals surface area contributed by atoms with Gasteiger partial charge >= 0.3 is 0 Å². The topological polar surface area (TPSA) is 32.3 Å². The molecule has 2 nitrogen and oxygen atoms in total. The Kier molecular flexibility index (Phi) is 5.83. The second-order valence-electron chi connectivity index (χ2n) is 5.51. The zero-order valence-electron chi connectivity index (χ0n) is 12.2. The molecule has 0 amide bonds. The molecule has 0 aliphatic rings. The molecule has 0 bridgehead atoms. The minimum atomic E-state index is -0.125. The average Bonchev–Trinajstić information content (AvgIpc) is 2.37. The second kappa shape index (κ2) is 6.91. The van der Waals surface area contributed by atoms with Crippen LogP contribution >= 0.6 is 0 Å². The van der Waals surface area contributed by atoms with Crippen molar-refractivity contribution in [2.24, 2.45) is 0 Å². The lowest BCUT2D eigenvalue weighted by Gasteiger charge is -2.31. The summed E-state index contributed by atoms with van der Waals surface area (Å²) in [5.41, 5.74) is 2.50. The molecule has 0 aliphatic heterocycles. The van der Waals surface area contributed by atoms with Crippen molar-refractivity contribution in [3.63, 3.8) is 0 Å². The first-order valence-electron chi connectivity index (χ1n) is 7.00. The zero-order valence-corrected chi connectivity index (χ0v) is 12.2. The summed E-state index contributed by atoms with van der Waals surface area (Å²) in [6.45, 7) is 9.92. The number of hydrogen-bond acceptors (Lipinski definition) is 2. The zero-order chi connectivity index (χ0) is 13.6. The molecule has 1 rings (SSSR count). The third-order valence-electron chi connectivity index (χ3n) is 3.59. The Labute approximate surface area is 111 Å². The van der Waals surface area contributed by atoms with Crippen molar-refractivity contribution in [1.82, 2.24) is 5.32 Å². The van der Waals surface area contributed by atoms with Crippen LogP contribution in [0, 0.1) is 0 Å². The van der Waals surface area contributed by atoms with Crippen molar-refractivity contribution >= 4 is 0 Å². The van der Waals surface area contributed by atoms with Crippen LogP contribution in [-0.4, -0.2) is 18.3 Å². The van der Waals surface area contributed by atoms with E-state index < -0.39 is 0 Å². The highest BCUT2D eigenvalue weighted by molar-refractivity contribution is 5.29. The molecule has 0 heterocycles. The SMILES string of the molecule is CCCNC(C)(CCO)c1ccc(C(C)C)cc1. The van der Waals surface area contributed by atoms with E-state index in [4.69, 9.17) is 0 Å². The number of aliphatic hydroxyl groups excluding tert-OH is 1. The van der Waals surface area contributed by atoms with Gasteiger partial charge in [0.2, 0.25) is 0 Å². The van der Waals surface area contributed by atoms with Crippen LogP contribution in [0.3, 0.4) is 0 Å². The molecule has 2 heteroatoms. The quantitative estimate of drug-likeness (QED) is 0.776. The molecule has 0 saturated carbocycles. The highest BCUT2D eigenvalue weighted by atomic mass is 16.3. The minimum Gasteiger partial charge on any atom is -0.396 e. The summed E-state index contributed by atoms with van der Waals surface area (Å²) in [5.74, 6) is 0.562. The summed E-state index contributed by atoms with van der Waals surface area (Å²) < 4.78 is 0. The summed E-state index contributed by atoms with van der Waals surface area (Å²) in [6.07, 6.45) is 1.85. The molecule has 0 radical (unpaired) electrons. The summed E-state index contributed by atoms with van der Waals surface area (Å²) in [7, 11) is 0. The maximum Gasteiger partial charge on any atom is 0.0451 e. The lowest BCUT2D eigenvalue weighted by Crippen LogP contribution is -2.40. The van der Waals surface area contributed by atoms with Gasteiger partial charge in [0.05, 0.1) is 0 Å². The van der Waals surface area contributed by atoms with E-state index in [9.17, 15) is 5.11 Å². The Morgan fingerprint density at radius 3 is 2.28 bits per heavy atom. The van der Waals surface area contributed by atoms with Crippen molar-refractivity contribution in [1.29, 1.82) is 0 Å². The predicted molar refractivity (Wildman–Crippen MR) is 77.9 cm³/mol. The summed E-state index contributed by atoms with van der Waals surface area (Å²) >= 11 is 0. The highest BCUT2D eigenvalue weighted by Gasteiger charge is 2.24. The molecular formula is C16H27NO. The third-order valence-corrected chi connectivity index (χ3v) is 3.59. The molecule has 1 aromatic rings. The monoisotopic (exact) mass is 249 g/mol. The van der Waals surface area contributed by atoms with Gasteiger partial charge in [-0.3, -0.25) is 0 Å². The van der Waals surface area contributed by atoms with E-state index in [0.29, 0.717) is 5.92 Å². The van der Waals surface area contributed by atoms with E-state index >= 15 is 0 Å². The molecular weight excluding hydrogens is 222 g/mol. The summed E-state index contributed by atoms with van der Waals surface area (Å²) in [4.78, 5) is 0. The molecule has 0 spiro atoms. The molecule has 0 aliphatic carbocycles. The van der Waals surface area contributed by atoms with E-state index in [1.807, 2.05) is 0 Å². The van der Waals surface area contributed by atoms with Crippen molar-refractivity contribution in [2.75, 3.05) is 13.2 Å². The van der Waals surface area contributed by atoms with Crippen LogP contribution in [0.25, 0.3) is 0 Å². The first-order valence-corrected chi connectivity index (χ1v) is 7.00. The highest BCUT2D eigenvalue weighted by Crippen LogP contribution is 2.26. The Bertz CT molecular complexity index is 345. The van der Waals surface area contributed by atoms with Gasteiger partial charge in [-0.05, 0) is 43.4 Å². The molecule has 0 saturated heterocycles. The van der Waals surface area contributed by atoms with E-state index in [-0.39, 0.29) is 12.1 Å². The predicted octanol–water partition coefficient (Wildman–Crippen LogP) is 3.41. The smallest absolute Gasteiger partial charge is 0.0451 e. The largest absolute Gasteiger partial charge is 0.396 e. The Morgan fingerprint density at radius 1 is 1.22 bits per heavy atom. The van der Waals surface area contributed by atoms with E-state index in [1.54, 1.807) is 0 Å². The van der Waals surface area contributed by atoms with Crippen LogP contribution in [0.5, 0.6) is 0 Å². The average molecular weight is 249 g/mol. The molecule has 0 fully saturated rings. The lowest BCUT2D eigenvalue weighted by molar-refractivity contribution is 0.221. The molecule has 1 atom stereocenters. The van der Waals surface area contributed by atoms with Crippen LogP contribution in [-0.2, 0) is 5.54 Å². The summed E-state index contributed by atoms with van der Waals surface area (Å²) in [6, 6.07) is 8.77. The molecule has 0 aromatic heterocycles. The maximum atomic E-state index is 9.27. The van der Waals surface area contributed by atoms with Gasteiger partial charge in [0.25, 0.3) is 0 Å². The van der Waals surface area contributed by atoms with Crippen LogP contribution < -0.4 is 5.32 Å². The van der Waals surface area contributed by atoms with E-state index in [0.717, 1.165) is 19.4 Å². The Morgan fingerprint density at radius 2 is 1.83 bits per heavy atom. The fourth-order valence-electron chi connectivity index (χ4n) is 2.20. The fraction of sp³-hybridized carbons (Fsp3) is 0.625. The van der Waals surface area contributed by atoms with Crippen LogP contribution in [0.15, 0.2) is 24.3 Å². The maximum absolute atomic E-state index is 9.27. The van der Waals surface area contributed by atoms with Crippen LogP contribution in [0.4, 0.5) is 0 Å². The van der Waals surface area contributed by atoms with Gasteiger partial charge in [-0.15, -0.1) is 0 Å². The van der Waals surface area contributed by atoms with Gasteiger partial charge in [-0.1, -0.05) is 45.0 Å². The molecule has 1 aromatic carbocycles. The Balaban J connectivity index is 2.91. The number of aliphatic hydroxyl groups is 1. The lowest BCUT2D eigenvalue weighted by atomic mass is 9.87. The number of benzene rings is 1. The van der Waals surface area contributed by atoms with Gasteiger partial charge in [-0.25, -0.2) is 0 Å². The summed E-state index contributed by atoms with van der Waals surface area (Å²) in [5, 5.41) is 12.8. The standard InChI is InChI=1S/C16H27NO/c1-5-11-17-16(4,10-12-18)15-8-6-14(7-9-15)13(2)3/h6-9,13,17-18H,5,10-12H2,1-4H3. The number of nitrogens with one attached hydrogen (secondary N) is 1. The molecule has 18 heavy (non-hydrogen) atoms. The van der Waals surface area contributed by atoms with Crippen molar-refractivity contribution in [3.05, 3.63) is 35.4 Å². The normalized spacial score (nSPS) is 14.8. The minimum absolute atomic E-state index is 0.125. The van der Waals surface area contributed by atoms with E-state index in [1.165, 1.54) is 11.1 Å². The van der Waals surface area contributed by atoms with Crippen molar-refractivity contribution in [3.8, 4) is 0 Å². The van der Waals surface area contributed by atoms with Gasteiger partial charge in [0.15, 0.2) is 0 Å². The van der Waals surface area contributed by atoms with E-state index in [2.05, 4.69) is 57.3 Å². The molecule has 2 N–H and O–H groups in total. The Hall–Kier alpha value is -0.860. The second-order valence-corrected chi connectivity index (χ2v) is 5.51. The van der Waals surface area contributed by atoms with Gasteiger partial charge in [0.1, 0.15) is 0 Å². The van der Waals surface area contributed by atoms with Crippen LogP contribution in [0.2, 0.25) is 0 Å². The molecule has 102 valence electrons. The van der Waals surface area contributed by atoms with Gasteiger partial charge in [0, 0.05) is 12.1 Å². The van der Waals surface area contributed by atoms with Gasteiger partial charge < -0.3 is 10.4 Å². The fourth-order valence-corrected chi connectivity index (χ4v) is 2.20. The van der Waals surface area contributed by atoms with Gasteiger partial charge in [-0.2, -0.15) is 0 Å². The van der Waals surface area contributed by atoms with Crippen molar-refractivity contribution < 1.29 is 5.11 Å². The number of rotatable bonds is 7. The first kappa shape index (κ1) is 15.2. The number of hydrogen-bond donors (Lipinski definition) is 2. The first-order chi connectivity index (χ1) is 8.53. The molecule has 1 unspecified atom stereocenters. The third kappa shape index (κ3) is 3.82. The van der Waals surface area contributed by atoms with Crippen molar-refractivity contribution in [2.45, 2.75) is 52.0 Å².